The van der Waals surface area contributed by atoms with Gasteiger partial charge in [-0.1, -0.05) is 12.1 Å². The number of para-hydroxylation sites is 1. The number of thiazole rings is 1. The number of nitrogens with zero attached hydrogens (tertiary/aromatic N) is 2. The van der Waals surface area contributed by atoms with Gasteiger partial charge in [0.05, 0.1) is 34.6 Å². The third kappa shape index (κ3) is 3.12. The van der Waals surface area contributed by atoms with Crippen molar-refractivity contribution in [1.29, 1.82) is 0 Å². The second-order valence-electron chi connectivity index (χ2n) is 7.97. The lowest BCUT2D eigenvalue weighted by Gasteiger charge is -2.30. The summed E-state index contributed by atoms with van der Waals surface area (Å²) in [4.78, 5) is 32.8. The van der Waals surface area contributed by atoms with Crippen LogP contribution in [0, 0.1) is 0 Å². The molecule has 0 unspecified atom stereocenters. The van der Waals surface area contributed by atoms with Gasteiger partial charge in [0.2, 0.25) is 0 Å². The van der Waals surface area contributed by atoms with Crippen molar-refractivity contribution in [2.24, 2.45) is 0 Å². The van der Waals surface area contributed by atoms with E-state index in [0.29, 0.717) is 18.3 Å². The van der Waals surface area contributed by atoms with Gasteiger partial charge in [-0.3, -0.25) is 4.79 Å². The monoisotopic (exact) mass is 411 g/mol. The molecule has 5 rings (SSSR count). The van der Waals surface area contributed by atoms with Gasteiger partial charge in [0.1, 0.15) is 5.76 Å². The SMILES string of the molecule is C[C@]1(c2ccco2)NC(=O)N(C[NH+]2CCC(c3nc4ccccc4s3)CC2)C1=O. The maximum atomic E-state index is 13.0. The van der Waals surface area contributed by atoms with E-state index in [-0.39, 0.29) is 11.9 Å². The molecule has 150 valence electrons. The molecule has 2 aliphatic heterocycles. The van der Waals surface area contributed by atoms with Crippen molar-refractivity contribution in [2.75, 3.05) is 19.8 Å². The van der Waals surface area contributed by atoms with Crippen LogP contribution in [0.15, 0.2) is 47.1 Å². The molecule has 0 saturated carbocycles. The van der Waals surface area contributed by atoms with Crippen molar-refractivity contribution >= 4 is 33.5 Å². The van der Waals surface area contributed by atoms with E-state index >= 15 is 0 Å². The molecule has 4 heterocycles. The van der Waals surface area contributed by atoms with E-state index in [2.05, 4.69) is 17.4 Å². The number of carbonyl (C=O) groups excluding carboxylic acids is 2. The predicted molar refractivity (Wildman–Crippen MR) is 109 cm³/mol. The van der Waals surface area contributed by atoms with E-state index < -0.39 is 5.54 Å². The lowest BCUT2D eigenvalue weighted by Crippen LogP contribution is -3.14. The van der Waals surface area contributed by atoms with Crippen LogP contribution in [-0.2, 0) is 10.3 Å². The number of aromatic nitrogens is 1. The van der Waals surface area contributed by atoms with E-state index in [1.807, 2.05) is 12.1 Å². The summed E-state index contributed by atoms with van der Waals surface area (Å²) in [6.07, 6.45) is 3.53. The summed E-state index contributed by atoms with van der Waals surface area (Å²) >= 11 is 1.78. The van der Waals surface area contributed by atoms with E-state index in [1.165, 1.54) is 25.8 Å². The van der Waals surface area contributed by atoms with E-state index in [4.69, 9.17) is 9.40 Å². The first-order valence-electron chi connectivity index (χ1n) is 9.92. The van der Waals surface area contributed by atoms with Crippen LogP contribution in [0.3, 0.4) is 0 Å². The van der Waals surface area contributed by atoms with Crippen molar-refractivity contribution in [3.63, 3.8) is 0 Å². The van der Waals surface area contributed by atoms with Crippen molar-refractivity contribution in [1.82, 2.24) is 15.2 Å². The standard InChI is InChI=1S/C21H22N4O3S/c1-21(17-7-4-12-28-17)19(26)25(20(27)23-21)13-24-10-8-14(9-11-24)18-22-15-5-2-3-6-16(15)29-18/h2-7,12,14H,8-11,13H2,1H3,(H,23,27)/p+1/t21-/m1/s1. The normalized spacial score (nSPS) is 27.6. The van der Waals surface area contributed by atoms with Crippen LogP contribution in [-0.4, -0.2) is 41.6 Å². The highest BCUT2D eigenvalue weighted by Crippen LogP contribution is 2.32. The third-order valence-corrected chi connectivity index (χ3v) is 7.22. The number of quaternary nitrogens is 1. The minimum atomic E-state index is -1.13. The zero-order valence-electron chi connectivity index (χ0n) is 16.2. The topological polar surface area (TPSA) is 79.9 Å². The Morgan fingerprint density at radius 1 is 1.24 bits per heavy atom. The average molecular weight is 412 g/mol. The number of furan rings is 1. The van der Waals surface area contributed by atoms with Gasteiger partial charge in [0, 0.05) is 18.8 Å². The molecule has 2 aliphatic rings. The fourth-order valence-electron chi connectivity index (χ4n) is 4.29. The highest BCUT2D eigenvalue weighted by Gasteiger charge is 2.52. The second-order valence-corrected chi connectivity index (χ2v) is 9.03. The van der Waals surface area contributed by atoms with Gasteiger partial charge in [-0.2, -0.15) is 0 Å². The molecule has 7 nitrogen and oxygen atoms in total. The molecule has 0 bridgehead atoms. The predicted octanol–water partition coefficient (Wildman–Crippen LogP) is 2.08. The van der Waals surface area contributed by atoms with Gasteiger partial charge < -0.3 is 14.6 Å². The summed E-state index contributed by atoms with van der Waals surface area (Å²) < 4.78 is 6.62. The maximum absolute atomic E-state index is 13.0. The summed E-state index contributed by atoms with van der Waals surface area (Å²) in [7, 11) is 0. The second kappa shape index (κ2) is 6.96. The number of hydrogen-bond acceptors (Lipinski definition) is 5. The number of piperidine rings is 1. The molecule has 2 saturated heterocycles. The Morgan fingerprint density at radius 3 is 2.76 bits per heavy atom. The van der Waals surface area contributed by atoms with Gasteiger partial charge in [0.25, 0.3) is 5.91 Å². The van der Waals surface area contributed by atoms with Crippen LogP contribution in [0.1, 0.15) is 36.5 Å². The number of rotatable bonds is 4. The largest absolute Gasteiger partial charge is 0.466 e. The van der Waals surface area contributed by atoms with Gasteiger partial charge in [-0.15, -0.1) is 11.3 Å². The summed E-state index contributed by atoms with van der Waals surface area (Å²) in [5.74, 6) is 0.661. The molecular formula is C21H23N4O3S+. The Bertz CT molecular complexity index is 1020. The van der Waals surface area contributed by atoms with Gasteiger partial charge >= 0.3 is 6.03 Å². The van der Waals surface area contributed by atoms with Gasteiger partial charge in [0.15, 0.2) is 12.2 Å². The molecule has 1 atom stereocenters. The third-order valence-electron chi connectivity index (χ3n) is 6.02. The number of urea groups is 1. The lowest BCUT2D eigenvalue weighted by atomic mass is 9.97. The zero-order valence-corrected chi connectivity index (χ0v) is 17.0. The highest BCUT2D eigenvalue weighted by atomic mass is 32.1. The number of likely N-dealkylation sites (tertiary alicyclic amines) is 1. The molecule has 8 heteroatoms. The first-order chi connectivity index (χ1) is 14.0. The molecule has 3 amide bonds. The molecular weight excluding hydrogens is 388 g/mol. The Morgan fingerprint density at radius 2 is 2.03 bits per heavy atom. The molecule has 29 heavy (non-hydrogen) atoms. The van der Waals surface area contributed by atoms with Crippen LogP contribution in [0.5, 0.6) is 0 Å². The minimum absolute atomic E-state index is 0.252. The highest BCUT2D eigenvalue weighted by molar-refractivity contribution is 7.18. The fraction of sp³-hybridized carbons (Fsp3) is 0.381. The molecule has 2 fully saturated rings. The van der Waals surface area contributed by atoms with Crippen molar-refractivity contribution in [3.8, 4) is 0 Å². The number of imide groups is 1. The van der Waals surface area contributed by atoms with Crippen LogP contribution >= 0.6 is 11.3 Å². The summed E-state index contributed by atoms with van der Waals surface area (Å²) in [6.45, 7) is 3.90. The molecule has 0 aliphatic carbocycles. The number of fused-ring (bicyclic) bond motifs is 1. The van der Waals surface area contributed by atoms with E-state index in [1.54, 1.807) is 30.4 Å². The Kier molecular flexibility index (Phi) is 4.40. The molecule has 2 N–H and O–H groups in total. The van der Waals surface area contributed by atoms with E-state index in [9.17, 15) is 9.59 Å². The van der Waals surface area contributed by atoms with Crippen molar-refractivity contribution in [3.05, 3.63) is 53.4 Å². The first kappa shape index (κ1) is 18.3. The van der Waals surface area contributed by atoms with E-state index in [0.717, 1.165) is 31.4 Å². The van der Waals surface area contributed by atoms with Crippen molar-refractivity contribution < 1.29 is 18.9 Å². The first-order valence-corrected chi connectivity index (χ1v) is 10.7. The number of benzene rings is 1. The van der Waals surface area contributed by atoms with Crippen molar-refractivity contribution in [2.45, 2.75) is 31.2 Å². The van der Waals surface area contributed by atoms with Gasteiger partial charge in [-0.05, 0) is 31.2 Å². The summed E-state index contributed by atoms with van der Waals surface area (Å²) in [5, 5.41) is 3.99. The molecule has 0 spiro atoms. The molecule has 2 aromatic heterocycles. The van der Waals surface area contributed by atoms with Gasteiger partial charge in [-0.25, -0.2) is 14.7 Å². The number of carbonyl (C=O) groups is 2. The molecule has 0 radical (unpaired) electrons. The van der Waals surface area contributed by atoms with Crippen LogP contribution < -0.4 is 10.2 Å². The van der Waals surface area contributed by atoms with Crippen LogP contribution in [0.25, 0.3) is 10.2 Å². The number of nitrogens with one attached hydrogen (secondary N) is 2. The Labute approximate surface area is 172 Å². The average Bonchev–Trinajstić information content (AvgIpc) is 3.45. The van der Waals surface area contributed by atoms with Crippen LogP contribution in [0.2, 0.25) is 0 Å². The Balaban J connectivity index is 1.24. The van der Waals surface area contributed by atoms with Crippen LogP contribution in [0.4, 0.5) is 4.79 Å². The zero-order chi connectivity index (χ0) is 20.0. The Hall–Kier alpha value is -2.71. The maximum Gasteiger partial charge on any atom is 0.329 e. The number of hydrogen-bond donors (Lipinski definition) is 2. The quantitative estimate of drug-likeness (QED) is 0.644. The summed E-state index contributed by atoms with van der Waals surface area (Å²) in [6, 6.07) is 11.3. The fourth-order valence-corrected chi connectivity index (χ4v) is 5.43. The number of amides is 3. The smallest absolute Gasteiger partial charge is 0.329 e. The molecule has 3 aromatic rings. The molecule has 1 aromatic carbocycles. The lowest BCUT2D eigenvalue weighted by molar-refractivity contribution is -0.912. The summed E-state index contributed by atoms with van der Waals surface area (Å²) in [5.41, 5.74) is -0.0573. The minimum Gasteiger partial charge on any atom is -0.466 e.